The Kier molecular flexibility index (Phi) is 7.96. The van der Waals surface area contributed by atoms with Gasteiger partial charge in [0.1, 0.15) is 11.7 Å². The lowest BCUT2D eigenvalue weighted by molar-refractivity contribution is 0.591. The van der Waals surface area contributed by atoms with Crippen molar-refractivity contribution in [2.24, 2.45) is 0 Å². The monoisotopic (exact) mass is 1110 g/mol. The molecule has 0 radical (unpaired) electrons. The van der Waals surface area contributed by atoms with E-state index >= 15 is 0 Å². The molecule has 84 heavy (non-hydrogen) atoms. The SMILES string of the molecule is [2H]c1c([2H])c([2H])c2c(sc3c2c([2H])c([2H])c2c4c([2H])c([2H])c([2H])c([2H])c4n(-c4c(-n5c6ccccc6c6ccccc65)c(C#N)c(-n5c6ccc(C(C)(C)C)cc6c6cc(C(C)(C)C)c7c8ccccc8oc7c65)c([N+]#[C-])c4-n4c5ccccc5c5ccccc54)c32)c1[2H]. The van der Waals surface area contributed by atoms with Crippen LogP contribution in [0.5, 0.6) is 0 Å². The van der Waals surface area contributed by atoms with Gasteiger partial charge in [-0.15, -0.1) is 11.3 Å². The number of nitrogens with zero attached hydrogens (tertiary/aromatic N) is 6. The van der Waals surface area contributed by atoms with Gasteiger partial charge in [-0.3, -0.25) is 0 Å². The highest BCUT2D eigenvalue weighted by atomic mass is 32.1. The first-order valence-electron chi connectivity index (χ1n) is 32.9. The molecular formula is C76H52N6OS. The molecule has 398 valence electrons. The average Bonchev–Trinajstić information content (AvgIpc) is 1.49. The number of fused-ring (bicyclic) bond motifs is 20. The minimum absolute atomic E-state index is 0.00425. The second-order valence-corrected chi connectivity index (χ2v) is 24.8. The average molecular weight is 1110 g/mol. The quantitative estimate of drug-likeness (QED) is 0.165. The molecule has 11 aromatic carbocycles. The summed E-state index contributed by atoms with van der Waals surface area (Å²) in [7, 11) is 0. The first-order chi connectivity index (χ1) is 45.1. The summed E-state index contributed by atoms with van der Waals surface area (Å²) in [6.07, 6.45) is 0. The lowest BCUT2D eigenvalue weighted by atomic mass is 9.82. The number of para-hydroxylation sites is 6. The summed E-state index contributed by atoms with van der Waals surface area (Å²) in [5, 5.41) is 19.6. The van der Waals surface area contributed by atoms with E-state index < -0.39 is 59.8 Å². The normalized spacial score (nSPS) is 14.3. The van der Waals surface area contributed by atoms with Crippen molar-refractivity contribution in [3.8, 4) is 28.8 Å². The number of thiophene rings is 1. The second kappa shape index (κ2) is 17.1. The first-order valence-corrected chi connectivity index (χ1v) is 28.7. The maximum absolute atomic E-state index is 13.1. The Balaban J connectivity index is 1.25. The van der Waals surface area contributed by atoms with Gasteiger partial charge in [-0.1, -0.05) is 187 Å². The van der Waals surface area contributed by atoms with Gasteiger partial charge in [-0.05, 0) is 82.6 Å². The van der Waals surface area contributed by atoms with Crippen LogP contribution in [0.2, 0.25) is 0 Å². The number of aromatic nitrogens is 4. The van der Waals surface area contributed by atoms with Crippen LogP contribution in [0.15, 0.2) is 210 Å². The Morgan fingerprint density at radius 3 is 1.64 bits per heavy atom. The molecule has 0 aliphatic heterocycles. The summed E-state index contributed by atoms with van der Waals surface area (Å²) in [6, 6.07) is 45.6. The zero-order chi connectivity index (χ0) is 65.4. The second-order valence-electron chi connectivity index (χ2n) is 23.8. The van der Waals surface area contributed by atoms with Gasteiger partial charge in [0.15, 0.2) is 5.58 Å². The minimum atomic E-state index is -0.616. The van der Waals surface area contributed by atoms with Crippen LogP contribution in [-0.2, 0) is 10.8 Å². The number of hydrogen-bond donors (Lipinski definition) is 0. The molecule has 0 saturated carbocycles. The molecule has 0 aliphatic rings. The van der Waals surface area contributed by atoms with E-state index in [0.29, 0.717) is 44.3 Å². The van der Waals surface area contributed by atoms with Crippen molar-refractivity contribution in [2.75, 3.05) is 0 Å². The molecule has 0 bridgehead atoms. The lowest BCUT2D eigenvalue weighted by Crippen LogP contribution is -2.15. The minimum Gasteiger partial charge on any atom is -0.454 e. The number of nitriles is 1. The molecule has 6 heterocycles. The van der Waals surface area contributed by atoms with Gasteiger partial charge in [0.05, 0.1) is 97.4 Å². The van der Waals surface area contributed by atoms with Crippen molar-refractivity contribution >= 4 is 146 Å². The van der Waals surface area contributed by atoms with Gasteiger partial charge >= 0.3 is 0 Å². The molecule has 6 aromatic heterocycles. The Morgan fingerprint density at radius 2 is 1.02 bits per heavy atom. The zero-order valence-corrected chi connectivity index (χ0v) is 47.2. The summed E-state index contributed by atoms with van der Waals surface area (Å²) < 4.78 is 111. The van der Waals surface area contributed by atoms with Gasteiger partial charge in [0.2, 0.25) is 5.69 Å². The number of rotatable bonds is 4. The van der Waals surface area contributed by atoms with Gasteiger partial charge in [0, 0.05) is 69.3 Å². The molecule has 0 unspecified atom stereocenters. The van der Waals surface area contributed by atoms with E-state index in [1.807, 2.05) is 129 Å². The fourth-order valence-corrected chi connectivity index (χ4v) is 14.6. The number of furan rings is 1. The van der Waals surface area contributed by atoms with Crippen molar-refractivity contribution in [1.82, 2.24) is 18.3 Å². The lowest BCUT2D eigenvalue weighted by Gasteiger charge is -2.27. The summed E-state index contributed by atoms with van der Waals surface area (Å²) in [4.78, 5) is 4.77. The van der Waals surface area contributed by atoms with E-state index in [0.717, 1.165) is 65.6 Å². The van der Waals surface area contributed by atoms with Gasteiger partial charge in [0.25, 0.3) is 0 Å². The predicted octanol–water partition coefficient (Wildman–Crippen LogP) is 21.4. The molecule has 0 amide bonds. The van der Waals surface area contributed by atoms with Crippen molar-refractivity contribution in [3.63, 3.8) is 0 Å². The third kappa shape index (κ3) is 6.38. The number of hydrogen-bond acceptors (Lipinski definition) is 3. The Labute approximate surface area is 501 Å². The predicted molar refractivity (Wildman–Crippen MR) is 352 cm³/mol. The van der Waals surface area contributed by atoms with Crippen molar-refractivity contribution in [3.05, 3.63) is 234 Å². The van der Waals surface area contributed by atoms with Crippen LogP contribution in [-0.4, -0.2) is 18.3 Å². The van der Waals surface area contributed by atoms with Crippen LogP contribution < -0.4 is 0 Å². The smallest absolute Gasteiger partial charge is 0.237 e. The van der Waals surface area contributed by atoms with Crippen LogP contribution in [0.4, 0.5) is 5.69 Å². The Bertz CT molecular complexity index is 6230. The Morgan fingerprint density at radius 1 is 0.476 bits per heavy atom. The third-order valence-corrected chi connectivity index (χ3v) is 18.3. The maximum Gasteiger partial charge on any atom is 0.237 e. The zero-order valence-electron chi connectivity index (χ0n) is 56.4. The molecule has 0 spiro atoms. The van der Waals surface area contributed by atoms with E-state index in [-0.39, 0.29) is 87.4 Å². The first kappa shape index (κ1) is 39.1. The highest BCUT2D eigenvalue weighted by molar-refractivity contribution is 7.26. The van der Waals surface area contributed by atoms with Crippen LogP contribution in [0.3, 0.4) is 0 Å². The van der Waals surface area contributed by atoms with E-state index in [2.05, 4.69) is 77.9 Å². The third-order valence-electron chi connectivity index (χ3n) is 17.2. The standard InChI is InChI=1S/C76H52N6OS/c1-75(2,3)43-36-39-62-53(40-43)54-41-56(76(4,5)6)65-52-28-13-20-34-63(52)83-73(65)69(54)81(62)67-55(42-77)68(79-57-29-15-8-22-44(57)45-23-9-16-30-58(45)79)72(71(66(67)78-7)80-59-31-17-10-24-46(59)47-25-11-18-32-60(47)80)82-61-33-19-12-26-48(61)50-37-38-51-49-27-14-21-35-64(49)84-74(51)70(50)82/h8-41H,1-6H3/i12D,14D,19D,21D,26D,27D,33D,35D,37D,38D. The van der Waals surface area contributed by atoms with Gasteiger partial charge < -0.3 is 22.7 Å². The van der Waals surface area contributed by atoms with Gasteiger partial charge in [-0.2, -0.15) is 5.26 Å². The van der Waals surface area contributed by atoms with E-state index in [1.165, 1.54) is 0 Å². The molecule has 0 atom stereocenters. The highest BCUT2D eigenvalue weighted by Gasteiger charge is 2.37. The number of benzene rings is 11. The summed E-state index contributed by atoms with van der Waals surface area (Å²) in [6.45, 7) is 23.2. The fraction of sp³-hybridized carbons (Fsp3) is 0.105. The van der Waals surface area contributed by atoms with Crippen molar-refractivity contribution in [1.29, 1.82) is 5.26 Å². The summed E-state index contributed by atoms with van der Waals surface area (Å²) in [5.74, 6) is 0. The van der Waals surface area contributed by atoms with Crippen molar-refractivity contribution in [2.45, 2.75) is 52.4 Å². The molecule has 8 heteroatoms. The molecule has 17 aromatic rings. The van der Waals surface area contributed by atoms with Crippen molar-refractivity contribution < 1.29 is 18.1 Å². The summed E-state index contributed by atoms with van der Waals surface area (Å²) >= 11 is 0.966. The van der Waals surface area contributed by atoms with Crippen LogP contribution in [0.1, 0.15) is 71.9 Å². The van der Waals surface area contributed by atoms with Crippen LogP contribution in [0, 0.1) is 17.9 Å². The van der Waals surface area contributed by atoms with E-state index in [1.54, 1.807) is 4.57 Å². The van der Waals surface area contributed by atoms with E-state index in [4.69, 9.17) is 12.0 Å². The molecule has 0 aliphatic carbocycles. The molecule has 0 fully saturated rings. The van der Waals surface area contributed by atoms with Gasteiger partial charge in [-0.25, -0.2) is 4.85 Å². The molecule has 7 nitrogen and oxygen atoms in total. The van der Waals surface area contributed by atoms with Crippen LogP contribution >= 0.6 is 11.3 Å². The largest absolute Gasteiger partial charge is 0.454 e. The molecule has 0 saturated heterocycles. The topological polar surface area (TPSA) is 61.0 Å². The molecule has 0 N–H and O–H groups in total. The van der Waals surface area contributed by atoms with E-state index in [9.17, 15) is 22.8 Å². The maximum atomic E-state index is 13.1. The molecular weight excluding hydrogens is 1040 g/mol. The van der Waals surface area contributed by atoms with Crippen LogP contribution in [0.25, 0.3) is 157 Å². The highest BCUT2D eigenvalue weighted by Crippen LogP contribution is 2.55. The molecule has 17 rings (SSSR count). The summed E-state index contributed by atoms with van der Waals surface area (Å²) in [5.41, 5.74) is 6.76. The fourth-order valence-electron chi connectivity index (χ4n) is 13.5. The Hall–Kier alpha value is -10.4.